The molecule has 1 aromatic carbocycles. The number of aromatic amines is 1. The van der Waals surface area contributed by atoms with Gasteiger partial charge in [0.25, 0.3) is 5.91 Å². The number of carbonyl (C=O) groups excluding carboxylic acids is 1. The van der Waals surface area contributed by atoms with Crippen molar-refractivity contribution in [3.8, 4) is 34.6 Å². The quantitative estimate of drug-likeness (QED) is 0.559. The molecule has 4 rings (SSSR count). The van der Waals surface area contributed by atoms with Gasteiger partial charge in [0.15, 0.2) is 11.5 Å². The number of carbonyl (C=O) groups is 2. The molecule has 1 saturated heterocycles. The zero-order valence-electron chi connectivity index (χ0n) is 16.0. The highest BCUT2D eigenvalue weighted by Crippen LogP contribution is 2.23. The first-order valence-electron chi connectivity index (χ1n) is 9.09. The number of likely N-dealkylation sites (N-methyl/N-ethyl adjacent to an activating group) is 1. The summed E-state index contributed by atoms with van der Waals surface area (Å²) in [6, 6.07) is 9.89. The van der Waals surface area contributed by atoms with Crippen LogP contribution in [0.25, 0.3) is 22.8 Å². The summed E-state index contributed by atoms with van der Waals surface area (Å²) in [6.45, 7) is 0.441. The summed E-state index contributed by atoms with van der Waals surface area (Å²) in [5, 5.41) is 26.5. The van der Waals surface area contributed by atoms with Gasteiger partial charge >= 0.3 is 5.97 Å². The number of H-pyrrole nitrogens is 1. The topological polar surface area (TPSA) is 132 Å². The first-order valence-corrected chi connectivity index (χ1v) is 9.09. The summed E-state index contributed by atoms with van der Waals surface area (Å²) in [5.74, 6) is 4.10. The molecule has 3 heterocycles. The number of aliphatic hydroxyl groups is 1. The highest BCUT2D eigenvalue weighted by Gasteiger charge is 2.42. The molecule has 3 aromatic rings. The lowest BCUT2D eigenvalue weighted by atomic mass is 10.0. The molecule has 0 radical (unpaired) electrons. The summed E-state index contributed by atoms with van der Waals surface area (Å²) < 4.78 is 0. The number of carboxylic acids is 1. The first kappa shape index (κ1) is 19.3. The molecule has 0 bridgehead atoms. The van der Waals surface area contributed by atoms with Gasteiger partial charge < -0.3 is 15.1 Å². The second-order valence-electron chi connectivity index (χ2n) is 6.91. The Bertz CT molecular complexity index is 1200. The molecule has 150 valence electrons. The highest BCUT2D eigenvalue weighted by atomic mass is 16.4. The molecule has 1 amide bonds. The predicted molar refractivity (Wildman–Crippen MR) is 106 cm³/mol. The van der Waals surface area contributed by atoms with Crippen LogP contribution < -0.4 is 0 Å². The van der Waals surface area contributed by atoms with Crippen LogP contribution in [-0.2, 0) is 4.79 Å². The molecule has 0 saturated carbocycles. The summed E-state index contributed by atoms with van der Waals surface area (Å²) in [4.78, 5) is 33.6. The van der Waals surface area contributed by atoms with Crippen molar-refractivity contribution in [2.45, 2.75) is 12.0 Å². The van der Waals surface area contributed by atoms with Crippen molar-refractivity contribution in [2.75, 3.05) is 13.6 Å². The molecule has 9 heteroatoms. The van der Waals surface area contributed by atoms with Crippen LogP contribution in [0.4, 0.5) is 0 Å². The molecule has 2 aromatic heterocycles. The van der Waals surface area contributed by atoms with Crippen molar-refractivity contribution in [2.24, 2.45) is 0 Å². The Labute approximate surface area is 171 Å². The fourth-order valence-corrected chi connectivity index (χ4v) is 3.10. The van der Waals surface area contributed by atoms with Crippen LogP contribution in [-0.4, -0.2) is 66.3 Å². The maximum Gasteiger partial charge on any atom is 0.354 e. The van der Waals surface area contributed by atoms with Crippen LogP contribution in [0.1, 0.15) is 22.5 Å². The molecule has 1 aliphatic heterocycles. The van der Waals surface area contributed by atoms with E-state index >= 15 is 0 Å². The Kier molecular flexibility index (Phi) is 4.77. The van der Waals surface area contributed by atoms with Crippen LogP contribution in [0, 0.1) is 11.8 Å². The average Bonchev–Trinajstić information content (AvgIpc) is 3.38. The maximum absolute atomic E-state index is 12.1. The molecular weight excluding hydrogens is 386 g/mol. The number of nitrogens with zero attached hydrogens (tertiary/aromatic N) is 4. The second-order valence-corrected chi connectivity index (χ2v) is 6.91. The molecule has 1 aliphatic rings. The number of aromatic carboxylic acids is 1. The van der Waals surface area contributed by atoms with Gasteiger partial charge in [-0.05, 0) is 24.3 Å². The van der Waals surface area contributed by atoms with E-state index in [4.69, 9.17) is 0 Å². The van der Waals surface area contributed by atoms with Crippen molar-refractivity contribution in [1.29, 1.82) is 0 Å². The van der Waals surface area contributed by atoms with Gasteiger partial charge in [0.2, 0.25) is 5.60 Å². The standard InChI is InChI=1S/C21H17N5O4/c1-26-10-8-21(30,20(26)29)7-5-13-3-2-4-14(11-13)18-23-16(15-6-9-22-25-15)12-17(24-18)19(27)28/h2-4,6,9,11-12,30H,8,10H2,1H3,(H,22,25)(H,27,28)/t21-/m0/s1. The molecule has 1 atom stereocenters. The average molecular weight is 403 g/mol. The summed E-state index contributed by atoms with van der Waals surface area (Å²) in [5.41, 5.74) is 0.180. The monoisotopic (exact) mass is 403 g/mol. The zero-order valence-corrected chi connectivity index (χ0v) is 16.0. The van der Waals surface area contributed by atoms with Crippen LogP contribution in [0.2, 0.25) is 0 Å². The van der Waals surface area contributed by atoms with Crippen molar-refractivity contribution in [1.82, 2.24) is 25.1 Å². The van der Waals surface area contributed by atoms with Crippen LogP contribution in [0.3, 0.4) is 0 Å². The number of hydrogen-bond acceptors (Lipinski definition) is 6. The van der Waals surface area contributed by atoms with Crippen LogP contribution >= 0.6 is 0 Å². The maximum atomic E-state index is 12.1. The van der Waals surface area contributed by atoms with Gasteiger partial charge in [-0.15, -0.1) is 0 Å². The largest absolute Gasteiger partial charge is 0.477 e. The molecule has 9 nitrogen and oxygen atoms in total. The third-order valence-corrected chi connectivity index (χ3v) is 4.77. The third-order valence-electron chi connectivity index (χ3n) is 4.77. The Morgan fingerprint density at radius 3 is 2.77 bits per heavy atom. The number of amides is 1. The van der Waals surface area contributed by atoms with Crippen LogP contribution in [0.5, 0.6) is 0 Å². The van der Waals surface area contributed by atoms with Gasteiger partial charge in [-0.3, -0.25) is 9.89 Å². The molecular formula is C21H17N5O4. The number of aromatic nitrogens is 4. The minimum atomic E-state index is -1.70. The van der Waals surface area contributed by atoms with Crippen molar-refractivity contribution >= 4 is 11.9 Å². The number of carboxylic acid groups (broad SMARTS) is 1. The minimum Gasteiger partial charge on any atom is -0.477 e. The number of benzene rings is 1. The van der Waals surface area contributed by atoms with Gasteiger partial charge in [0.05, 0.1) is 11.4 Å². The lowest BCUT2D eigenvalue weighted by Crippen LogP contribution is -2.37. The normalized spacial score (nSPS) is 18.2. The fraction of sp³-hybridized carbons (Fsp3) is 0.190. The molecule has 1 fully saturated rings. The predicted octanol–water partition coefficient (Wildman–Crippen LogP) is 1.18. The van der Waals surface area contributed by atoms with Crippen molar-refractivity contribution < 1.29 is 19.8 Å². The summed E-state index contributed by atoms with van der Waals surface area (Å²) >= 11 is 0. The molecule has 0 aliphatic carbocycles. The number of rotatable bonds is 3. The Hall–Kier alpha value is -4.03. The Morgan fingerprint density at radius 2 is 2.10 bits per heavy atom. The summed E-state index contributed by atoms with van der Waals surface area (Å²) in [6.07, 6.45) is 1.78. The van der Waals surface area contributed by atoms with E-state index in [-0.39, 0.29) is 17.9 Å². The molecule has 0 unspecified atom stereocenters. The SMILES string of the molecule is CN1CC[C@@](O)(C#Cc2cccc(-c3nc(C(=O)O)cc(-c4ccn[nH]4)n3)c2)C1=O. The number of nitrogens with one attached hydrogen (secondary N) is 1. The van der Waals surface area contributed by atoms with E-state index in [1.54, 1.807) is 43.6 Å². The zero-order chi connectivity index (χ0) is 21.3. The number of likely N-dealkylation sites (tertiary alicyclic amines) is 1. The minimum absolute atomic E-state index is 0.157. The highest BCUT2D eigenvalue weighted by molar-refractivity contribution is 5.90. The third kappa shape index (κ3) is 3.64. The van der Waals surface area contributed by atoms with Crippen molar-refractivity contribution in [3.05, 3.63) is 53.9 Å². The van der Waals surface area contributed by atoms with Gasteiger partial charge in [-0.1, -0.05) is 24.0 Å². The lowest BCUT2D eigenvalue weighted by molar-refractivity contribution is -0.137. The van der Waals surface area contributed by atoms with E-state index < -0.39 is 17.5 Å². The van der Waals surface area contributed by atoms with Crippen molar-refractivity contribution in [3.63, 3.8) is 0 Å². The lowest BCUT2D eigenvalue weighted by Gasteiger charge is -2.13. The van der Waals surface area contributed by atoms with Gasteiger partial charge in [0.1, 0.15) is 0 Å². The van der Waals surface area contributed by atoms with Crippen LogP contribution in [0.15, 0.2) is 42.6 Å². The molecule has 30 heavy (non-hydrogen) atoms. The van der Waals surface area contributed by atoms with E-state index in [1.165, 1.54) is 11.0 Å². The smallest absolute Gasteiger partial charge is 0.354 e. The first-order chi connectivity index (χ1) is 14.4. The Balaban J connectivity index is 1.72. The van der Waals surface area contributed by atoms with E-state index in [0.29, 0.717) is 29.1 Å². The van der Waals surface area contributed by atoms with Gasteiger partial charge in [-0.2, -0.15) is 5.10 Å². The molecule has 3 N–H and O–H groups in total. The van der Waals surface area contributed by atoms with Gasteiger partial charge in [0, 0.05) is 37.3 Å². The van der Waals surface area contributed by atoms with E-state index in [1.807, 2.05) is 0 Å². The molecule has 0 spiro atoms. The Morgan fingerprint density at radius 1 is 1.27 bits per heavy atom. The fourth-order valence-electron chi connectivity index (χ4n) is 3.10. The van der Waals surface area contributed by atoms with E-state index in [9.17, 15) is 19.8 Å². The number of hydrogen-bond donors (Lipinski definition) is 3. The van der Waals surface area contributed by atoms with Gasteiger partial charge in [-0.25, -0.2) is 14.8 Å². The summed E-state index contributed by atoms with van der Waals surface area (Å²) in [7, 11) is 1.62. The second kappa shape index (κ2) is 7.42. The van der Waals surface area contributed by atoms with E-state index in [0.717, 1.165) is 0 Å². The van der Waals surface area contributed by atoms with E-state index in [2.05, 4.69) is 32.0 Å².